The Hall–Kier alpha value is -2.02. The molecule has 0 saturated carbocycles. The van der Waals surface area contributed by atoms with E-state index < -0.39 is 11.6 Å². The lowest BCUT2D eigenvalue weighted by atomic mass is 10.1. The van der Waals surface area contributed by atoms with Gasteiger partial charge in [-0.2, -0.15) is 0 Å². The van der Waals surface area contributed by atoms with Gasteiger partial charge in [-0.05, 0) is 36.2 Å². The first-order chi connectivity index (χ1) is 13.0. The highest BCUT2D eigenvalue weighted by Gasteiger charge is 2.36. The lowest BCUT2D eigenvalue weighted by Crippen LogP contribution is -2.41. The van der Waals surface area contributed by atoms with E-state index in [-0.39, 0.29) is 30.1 Å². The number of likely N-dealkylation sites (tertiary alicyclic amines) is 1. The van der Waals surface area contributed by atoms with E-state index in [4.69, 9.17) is 11.6 Å². The van der Waals surface area contributed by atoms with Crippen molar-refractivity contribution >= 4 is 17.5 Å². The van der Waals surface area contributed by atoms with Crippen LogP contribution in [-0.2, 0) is 17.9 Å². The third-order valence-electron chi connectivity index (χ3n) is 4.86. The maximum atomic E-state index is 13.8. The van der Waals surface area contributed by atoms with Crippen LogP contribution in [0, 0.1) is 11.6 Å². The van der Waals surface area contributed by atoms with Gasteiger partial charge in [0.05, 0.1) is 6.04 Å². The maximum Gasteiger partial charge on any atom is 0.237 e. The first-order valence-corrected chi connectivity index (χ1v) is 9.22. The van der Waals surface area contributed by atoms with E-state index in [1.165, 1.54) is 18.2 Å². The number of amides is 1. The fourth-order valence-electron chi connectivity index (χ4n) is 3.48. The highest BCUT2D eigenvalue weighted by Crippen LogP contribution is 2.23. The van der Waals surface area contributed by atoms with E-state index in [9.17, 15) is 13.6 Å². The number of nitrogens with one attached hydrogen (secondary N) is 2. The number of halogens is 3. The van der Waals surface area contributed by atoms with Crippen LogP contribution in [-0.4, -0.2) is 36.5 Å². The summed E-state index contributed by atoms with van der Waals surface area (Å²) in [7, 11) is 1.61. The van der Waals surface area contributed by atoms with Crippen LogP contribution in [0.15, 0.2) is 42.5 Å². The average Bonchev–Trinajstić information content (AvgIpc) is 3.03. The molecule has 2 atom stereocenters. The van der Waals surface area contributed by atoms with Crippen molar-refractivity contribution in [3.63, 3.8) is 0 Å². The van der Waals surface area contributed by atoms with Crippen LogP contribution in [0.1, 0.15) is 17.5 Å². The molecule has 0 bridgehead atoms. The molecule has 144 valence electrons. The van der Waals surface area contributed by atoms with Crippen molar-refractivity contribution in [3.8, 4) is 0 Å². The Balaban J connectivity index is 1.68. The molecule has 1 aliphatic rings. The SMILES string of the molecule is CNC(=O)[C@@H]1C[C@@H](NCc2c(F)cccc2F)CN1Cc1cccc(Cl)c1. The standard InChI is InChI=1S/C20H22ClF2N3O/c1-24-20(27)19-9-15(25-10-16-17(22)6-3-7-18(16)23)12-26(19)11-13-4-2-5-14(21)8-13/h2-8,15,19,25H,9-12H2,1H3,(H,24,27)/t15-,19+/m1/s1. The van der Waals surface area contributed by atoms with Gasteiger partial charge in [-0.1, -0.05) is 29.8 Å². The molecule has 2 N–H and O–H groups in total. The summed E-state index contributed by atoms with van der Waals surface area (Å²) in [6, 6.07) is 11.0. The molecular weight excluding hydrogens is 372 g/mol. The molecule has 0 radical (unpaired) electrons. The second kappa shape index (κ2) is 8.78. The van der Waals surface area contributed by atoms with Crippen molar-refractivity contribution in [2.24, 2.45) is 0 Å². The third kappa shape index (κ3) is 4.83. The van der Waals surface area contributed by atoms with Crippen molar-refractivity contribution in [1.29, 1.82) is 0 Å². The number of likely N-dealkylation sites (N-methyl/N-ethyl adjacent to an activating group) is 1. The van der Waals surface area contributed by atoms with E-state index in [0.717, 1.165) is 5.56 Å². The Morgan fingerprint density at radius 1 is 1.22 bits per heavy atom. The number of benzene rings is 2. The smallest absolute Gasteiger partial charge is 0.237 e. The second-order valence-electron chi connectivity index (χ2n) is 6.70. The molecule has 1 aliphatic heterocycles. The summed E-state index contributed by atoms with van der Waals surface area (Å²) in [5.74, 6) is -1.21. The largest absolute Gasteiger partial charge is 0.358 e. The fourth-order valence-corrected chi connectivity index (χ4v) is 3.70. The number of nitrogens with zero attached hydrogens (tertiary/aromatic N) is 1. The highest BCUT2D eigenvalue weighted by molar-refractivity contribution is 6.30. The zero-order valence-electron chi connectivity index (χ0n) is 15.0. The van der Waals surface area contributed by atoms with Gasteiger partial charge in [-0.15, -0.1) is 0 Å². The van der Waals surface area contributed by atoms with Crippen molar-refractivity contribution in [2.75, 3.05) is 13.6 Å². The second-order valence-corrected chi connectivity index (χ2v) is 7.14. The third-order valence-corrected chi connectivity index (χ3v) is 5.09. The van der Waals surface area contributed by atoms with Crippen LogP contribution in [0.2, 0.25) is 5.02 Å². The molecule has 1 heterocycles. The highest BCUT2D eigenvalue weighted by atomic mass is 35.5. The Labute approximate surface area is 162 Å². The lowest BCUT2D eigenvalue weighted by molar-refractivity contribution is -0.125. The van der Waals surface area contributed by atoms with Gasteiger partial charge in [0.15, 0.2) is 0 Å². The van der Waals surface area contributed by atoms with Gasteiger partial charge in [-0.25, -0.2) is 8.78 Å². The Kier molecular flexibility index (Phi) is 6.42. The summed E-state index contributed by atoms with van der Waals surface area (Å²) in [6.07, 6.45) is 0.566. The average molecular weight is 394 g/mol. The van der Waals surface area contributed by atoms with Crippen LogP contribution < -0.4 is 10.6 Å². The van der Waals surface area contributed by atoms with Gasteiger partial charge in [0.1, 0.15) is 11.6 Å². The van der Waals surface area contributed by atoms with Gasteiger partial charge in [0.25, 0.3) is 0 Å². The minimum Gasteiger partial charge on any atom is -0.358 e. The quantitative estimate of drug-likeness (QED) is 0.792. The summed E-state index contributed by atoms with van der Waals surface area (Å²) in [5.41, 5.74) is 1.03. The number of hydrogen-bond donors (Lipinski definition) is 2. The van der Waals surface area contributed by atoms with Crippen LogP contribution >= 0.6 is 11.6 Å². The molecule has 1 amide bonds. The zero-order valence-corrected chi connectivity index (χ0v) is 15.8. The molecule has 1 saturated heterocycles. The molecular formula is C20H22ClF2N3O. The minimum absolute atomic E-state index is 0.0160. The van der Waals surface area contributed by atoms with Gasteiger partial charge in [0.2, 0.25) is 5.91 Å². The number of carbonyl (C=O) groups excluding carboxylic acids is 1. The van der Waals surface area contributed by atoms with Crippen molar-refractivity contribution < 1.29 is 13.6 Å². The first kappa shape index (κ1) is 19.7. The Morgan fingerprint density at radius 2 is 1.93 bits per heavy atom. The first-order valence-electron chi connectivity index (χ1n) is 8.84. The van der Waals surface area contributed by atoms with Crippen molar-refractivity contribution in [3.05, 3.63) is 70.2 Å². The monoisotopic (exact) mass is 393 g/mol. The molecule has 0 aliphatic carbocycles. The Morgan fingerprint density at radius 3 is 2.59 bits per heavy atom. The molecule has 3 rings (SSSR count). The summed E-state index contributed by atoms with van der Waals surface area (Å²) < 4.78 is 27.6. The summed E-state index contributed by atoms with van der Waals surface area (Å²) >= 11 is 6.05. The predicted octanol–water partition coefficient (Wildman–Crippen LogP) is 3.10. The molecule has 1 fully saturated rings. The van der Waals surface area contributed by atoms with E-state index >= 15 is 0 Å². The van der Waals surface area contributed by atoms with E-state index in [2.05, 4.69) is 15.5 Å². The topological polar surface area (TPSA) is 44.4 Å². The van der Waals surface area contributed by atoms with Crippen LogP contribution in [0.25, 0.3) is 0 Å². The molecule has 27 heavy (non-hydrogen) atoms. The van der Waals surface area contributed by atoms with Crippen LogP contribution in [0.4, 0.5) is 8.78 Å². The predicted molar refractivity (Wildman–Crippen MR) is 101 cm³/mol. The molecule has 7 heteroatoms. The molecule has 0 unspecified atom stereocenters. The normalized spacial score (nSPS) is 20.0. The number of carbonyl (C=O) groups is 1. The molecule has 2 aromatic carbocycles. The Bertz CT molecular complexity index is 797. The lowest BCUT2D eigenvalue weighted by Gasteiger charge is -2.23. The van der Waals surface area contributed by atoms with E-state index in [1.807, 2.05) is 18.2 Å². The summed E-state index contributed by atoms with van der Waals surface area (Å²) in [5, 5.41) is 6.53. The van der Waals surface area contributed by atoms with Gasteiger partial charge in [0, 0.05) is 43.3 Å². The zero-order chi connectivity index (χ0) is 19.4. The number of rotatable bonds is 6. The minimum atomic E-state index is -0.570. The van der Waals surface area contributed by atoms with E-state index in [0.29, 0.717) is 24.5 Å². The fraction of sp³-hybridized carbons (Fsp3) is 0.350. The molecule has 0 spiro atoms. The number of hydrogen-bond acceptors (Lipinski definition) is 3. The maximum absolute atomic E-state index is 13.8. The van der Waals surface area contributed by atoms with Gasteiger partial charge >= 0.3 is 0 Å². The van der Waals surface area contributed by atoms with Gasteiger partial charge < -0.3 is 10.6 Å². The molecule has 2 aromatic rings. The van der Waals surface area contributed by atoms with Crippen LogP contribution in [0.3, 0.4) is 0 Å². The summed E-state index contributed by atoms with van der Waals surface area (Å²) in [6.45, 7) is 1.25. The molecule has 4 nitrogen and oxygen atoms in total. The van der Waals surface area contributed by atoms with E-state index in [1.54, 1.807) is 13.1 Å². The summed E-state index contributed by atoms with van der Waals surface area (Å²) in [4.78, 5) is 14.3. The molecule has 0 aromatic heterocycles. The van der Waals surface area contributed by atoms with Crippen LogP contribution in [0.5, 0.6) is 0 Å². The van der Waals surface area contributed by atoms with Gasteiger partial charge in [-0.3, -0.25) is 9.69 Å². The van der Waals surface area contributed by atoms with Crippen molar-refractivity contribution in [2.45, 2.75) is 31.6 Å². The van der Waals surface area contributed by atoms with Crippen molar-refractivity contribution in [1.82, 2.24) is 15.5 Å².